The molecule has 1 aliphatic rings. The van der Waals surface area contributed by atoms with Crippen LogP contribution in [0.3, 0.4) is 0 Å². The van der Waals surface area contributed by atoms with E-state index < -0.39 is 10.0 Å². The van der Waals surface area contributed by atoms with E-state index in [4.69, 9.17) is 4.74 Å². The van der Waals surface area contributed by atoms with Crippen LogP contribution < -0.4 is 0 Å². The summed E-state index contributed by atoms with van der Waals surface area (Å²) < 4.78 is 33.0. The molecule has 144 valence electrons. The van der Waals surface area contributed by atoms with Gasteiger partial charge in [-0.05, 0) is 52.9 Å². The van der Waals surface area contributed by atoms with E-state index in [-0.39, 0.29) is 11.7 Å². The number of ether oxygens (including phenoxy) is 1. The molecule has 0 radical (unpaired) electrons. The fourth-order valence-corrected chi connectivity index (χ4v) is 5.03. The van der Waals surface area contributed by atoms with Crippen molar-refractivity contribution in [2.45, 2.75) is 39.7 Å². The van der Waals surface area contributed by atoms with E-state index in [1.165, 1.54) is 6.42 Å². The minimum absolute atomic E-state index is 0.0164. The third kappa shape index (κ3) is 7.35. The van der Waals surface area contributed by atoms with Gasteiger partial charge >= 0.3 is 0 Å². The Bertz CT molecular complexity index is 442. The largest absolute Gasteiger partial charge is 0.381 e. The highest BCUT2D eigenvalue weighted by molar-refractivity contribution is 7.89. The molecule has 7 heteroatoms. The fourth-order valence-electron chi connectivity index (χ4n) is 3.24. The van der Waals surface area contributed by atoms with Gasteiger partial charge in [0.15, 0.2) is 0 Å². The Balaban J connectivity index is 2.75. The number of nitrogens with zero attached hydrogens (tertiary/aromatic N) is 3. The van der Waals surface area contributed by atoms with Gasteiger partial charge in [-0.2, -0.15) is 4.31 Å². The van der Waals surface area contributed by atoms with Crippen molar-refractivity contribution in [3.05, 3.63) is 0 Å². The normalized spacial score (nSPS) is 21.0. The van der Waals surface area contributed by atoms with Crippen molar-refractivity contribution in [2.24, 2.45) is 5.92 Å². The standard InChI is InChI=1S/C17H37N3O3S/c1-6-19-10-8-9-17(19)13-20(12-11-18(4)5)24(21,22)15-16(3)14-23-7-2/h16-17H,6-15H2,1-5H3/t16-,17-/m0/s1. The minimum Gasteiger partial charge on any atom is -0.381 e. The monoisotopic (exact) mass is 363 g/mol. The zero-order chi connectivity index (χ0) is 18.2. The maximum Gasteiger partial charge on any atom is 0.214 e. The number of likely N-dealkylation sites (tertiary alicyclic amines) is 1. The van der Waals surface area contributed by atoms with Crippen molar-refractivity contribution in [2.75, 3.05) is 65.8 Å². The molecule has 0 aromatic heterocycles. The van der Waals surface area contributed by atoms with E-state index in [9.17, 15) is 8.42 Å². The van der Waals surface area contributed by atoms with Gasteiger partial charge in [-0.1, -0.05) is 13.8 Å². The molecule has 0 amide bonds. The predicted octanol–water partition coefficient (Wildman–Crippen LogP) is 1.34. The van der Waals surface area contributed by atoms with Gasteiger partial charge in [0.05, 0.1) is 12.4 Å². The lowest BCUT2D eigenvalue weighted by Gasteiger charge is -2.31. The molecule has 0 bridgehead atoms. The van der Waals surface area contributed by atoms with Crippen LogP contribution in [0.1, 0.15) is 33.6 Å². The second-order valence-electron chi connectivity index (χ2n) is 7.13. The Kier molecular flexibility index (Phi) is 9.74. The minimum atomic E-state index is -3.27. The highest BCUT2D eigenvalue weighted by Crippen LogP contribution is 2.20. The second kappa shape index (κ2) is 10.7. The summed E-state index contributed by atoms with van der Waals surface area (Å²) in [5, 5.41) is 0. The molecule has 0 N–H and O–H groups in total. The number of rotatable bonds is 12. The van der Waals surface area contributed by atoms with E-state index >= 15 is 0 Å². The maximum absolute atomic E-state index is 12.9. The Morgan fingerprint density at radius 3 is 2.54 bits per heavy atom. The highest BCUT2D eigenvalue weighted by Gasteiger charge is 2.31. The van der Waals surface area contributed by atoms with Crippen molar-refractivity contribution < 1.29 is 13.2 Å². The van der Waals surface area contributed by atoms with Gasteiger partial charge in [-0.25, -0.2) is 8.42 Å². The number of sulfonamides is 1. The van der Waals surface area contributed by atoms with Gasteiger partial charge in [0.1, 0.15) is 0 Å². The van der Waals surface area contributed by atoms with Gasteiger partial charge in [0.2, 0.25) is 10.0 Å². The van der Waals surface area contributed by atoms with Crippen LogP contribution in [0.15, 0.2) is 0 Å². The molecule has 2 atom stereocenters. The summed E-state index contributed by atoms with van der Waals surface area (Å²) in [6, 6.07) is 0.356. The van der Waals surface area contributed by atoms with E-state index in [0.717, 1.165) is 26.1 Å². The summed E-state index contributed by atoms with van der Waals surface area (Å²) in [6.07, 6.45) is 2.26. The van der Waals surface area contributed by atoms with E-state index in [1.807, 2.05) is 32.8 Å². The maximum atomic E-state index is 12.9. The quantitative estimate of drug-likeness (QED) is 0.524. The van der Waals surface area contributed by atoms with E-state index in [2.05, 4.69) is 11.8 Å². The molecule has 1 saturated heterocycles. The molecule has 24 heavy (non-hydrogen) atoms. The second-order valence-corrected chi connectivity index (χ2v) is 9.14. The summed E-state index contributed by atoms with van der Waals surface area (Å²) in [5.74, 6) is 0.182. The van der Waals surface area contributed by atoms with Crippen LogP contribution in [0.4, 0.5) is 0 Å². The number of likely N-dealkylation sites (N-methyl/N-ethyl adjacent to an activating group) is 2. The first-order valence-electron chi connectivity index (χ1n) is 9.24. The van der Waals surface area contributed by atoms with E-state index in [1.54, 1.807) is 4.31 Å². The Morgan fingerprint density at radius 2 is 1.96 bits per heavy atom. The van der Waals surface area contributed by atoms with Crippen LogP contribution in [0.25, 0.3) is 0 Å². The summed E-state index contributed by atoms with van der Waals surface area (Å²) in [6.45, 7) is 11.2. The first-order valence-corrected chi connectivity index (χ1v) is 10.8. The molecular formula is C17H37N3O3S. The summed E-state index contributed by atoms with van der Waals surface area (Å²) in [7, 11) is 0.698. The van der Waals surface area contributed by atoms with Gasteiger partial charge in [0, 0.05) is 32.3 Å². The first kappa shape index (κ1) is 21.8. The fraction of sp³-hybridized carbons (Fsp3) is 1.00. The van der Waals surface area contributed by atoms with Gasteiger partial charge < -0.3 is 9.64 Å². The van der Waals surface area contributed by atoms with Crippen molar-refractivity contribution in [3.63, 3.8) is 0 Å². The first-order chi connectivity index (χ1) is 11.3. The molecule has 0 aliphatic carbocycles. The van der Waals surface area contributed by atoms with Crippen molar-refractivity contribution in [3.8, 4) is 0 Å². The molecule has 0 spiro atoms. The Hall–Kier alpha value is -0.210. The molecule has 0 unspecified atom stereocenters. The lowest BCUT2D eigenvalue weighted by Crippen LogP contribution is -2.46. The van der Waals surface area contributed by atoms with Gasteiger partial charge in [-0.15, -0.1) is 0 Å². The molecular weight excluding hydrogens is 326 g/mol. The van der Waals surface area contributed by atoms with Crippen LogP contribution in [-0.2, 0) is 14.8 Å². The third-order valence-corrected chi connectivity index (χ3v) is 6.72. The van der Waals surface area contributed by atoms with Gasteiger partial charge in [0.25, 0.3) is 0 Å². The van der Waals surface area contributed by atoms with E-state index in [0.29, 0.717) is 32.3 Å². The summed E-state index contributed by atoms with van der Waals surface area (Å²) in [5.41, 5.74) is 0. The van der Waals surface area contributed by atoms with Crippen LogP contribution >= 0.6 is 0 Å². The zero-order valence-corrected chi connectivity index (χ0v) is 17.0. The van der Waals surface area contributed by atoms with Crippen LogP contribution in [-0.4, -0.2) is 94.4 Å². The molecule has 0 aromatic rings. The molecule has 1 heterocycles. The molecule has 1 fully saturated rings. The molecule has 6 nitrogen and oxygen atoms in total. The zero-order valence-electron chi connectivity index (χ0n) is 16.2. The average Bonchev–Trinajstić information content (AvgIpc) is 2.95. The molecule has 1 rings (SSSR count). The molecule has 0 saturated carbocycles. The topological polar surface area (TPSA) is 53.1 Å². The third-order valence-electron chi connectivity index (χ3n) is 4.61. The Morgan fingerprint density at radius 1 is 1.25 bits per heavy atom. The summed E-state index contributed by atoms with van der Waals surface area (Å²) in [4.78, 5) is 4.44. The van der Waals surface area contributed by atoms with Crippen LogP contribution in [0.5, 0.6) is 0 Å². The SMILES string of the molecule is CCOC[C@H](C)CS(=O)(=O)N(CCN(C)C)C[C@@H]1CCCN1CC. The van der Waals surface area contributed by atoms with Crippen molar-refractivity contribution in [1.29, 1.82) is 0 Å². The Labute approximate surface area is 149 Å². The van der Waals surface area contributed by atoms with Crippen molar-refractivity contribution in [1.82, 2.24) is 14.1 Å². The van der Waals surface area contributed by atoms with Crippen LogP contribution in [0.2, 0.25) is 0 Å². The molecule has 0 aromatic carbocycles. The number of hydrogen-bond donors (Lipinski definition) is 0. The lowest BCUT2D eigenvalue weighted by molar-refractivity contribution is 0.122. The lowest BCUT2D eigenvalue weighted by atomic mass is 10.2. The summed E-state index contributed by atoms with van der Waals surface area (Å²) >= 11 is 0. The highest BCUT2D eigenvalue weighted by atomic mass is 32.2. The van der Waals surface area contributed by atoms with Gasteiger partial charge in [-0.3, -0.25) is 4.90 Å². The smallest absolute Gasteiger partial charge is 0.214 e. The predicted molar refractivity (Wildman–Crippen MR) is 99.8 cm³/mol. The average molecular weight is 364 g/mol. The number of hydrogen-bond acceptors (Lipinski definition) is 5. The van der Waals surface area contributed by atoms with Crippen LogP contribution in [0, 0.1) is 5.92 Å². The van der Waals surface area contributed by atoms with Crippen molar-refractivity contribution >= 4 is 10.0 Å². The molecule has 1 aliphatic heterocycles.